The van der Waals surface area contributed by atoms with Crippen molar-refractivity contribution in [1.29, 1.82) is 0 Å². The Morgan fingerprint density at radius 1 is 1.12 bits per heavy atom. The fraction of sp³-hybridized carbons (Fsp3) is 0.350. The van der Waals surface area contributed by atoms with Crippen LogP contribution in [0, 0.1) is 0 Å². The minimum atomic E-state index is -0.603. The topological polar surface area (TPSA) is 47.6 Å². The standard InChI is InChI=1S/C20H21BrClNO3/c21-11-14-26-18-7-5-17(6-8-18)23-19(24)20(9-12-25-13-10-20)15-1-3-16(22)4-2-15/h1-8H,9-14H2,(H,23,24). The van der Waals surface area contributed by atoms with Gasteiger partial charge in [0.2, 0.25) is 5.91 Å². The number of carbonyl (C=O) groups excluding carboxylic acids is 1. The van der Waals surface area contributed by atoms with E-state index in [4.69, 9.17) is 21.1 Å². The SMILES string of the molecule is O=C(Nc1ccc(OCCBr)cc1)C1(c2ccc(Cl)cc2)CCOCC1. The van der Waals surface area contributed by atoms with E-state index in [1.54, 1.807) is 0 Å². The Morgan fingerprint density at radius 3 is 2.38 bits per heavy atom. The highest BCUT2D eigenvalue weighted by Crippen LogP contribution is 2.36. The number of anilines is 1. The quantitative estimate of drug-likeness (QED) is 0.659. The molecule has 1 heterocycles. The number of benzene rings is 2. The van der Waals surface area contributed by atoms with Crippen molar-refractivity contribution >= 4 is 39.1 Å². The van der Waals surface area contributed by atoms with Crippen molar-refractivity contribution in [2.24, 2.45) is 0 Å². The fourth-order valence-electron chi connectivity index (χ4n) is 3.18. The van der Waals surface area contributed by atoms with E-state index in [1.807, 2.05) is 48.5 Å². The molecule has 1 aliphatic heterocycles. The van der Waals surface area contributed by atoms with Crippen LogP contribution in [-0.4, -0.2) is 31.1 Å². The van der Waals surface area contributed by atoms with Crippen LogP contribution in [0.15, 0.2) is 48.5 Å². The summed E-state index contributed by atoms with van der Waals surface area (Å²) in [7, 11) is 0. The number of ether oxygens (including phenoxy) is 2. The van der Waals surface area contributed by atoms with Gasteiger partial charge in [0.1, 0.15) is 5.75 Å². The molecule has 1 amide bonds. The van der Waals surface area contributed by atoms with Crippen LogP contribution in [0.1, 0.15) is 18.4 Å². The van der Waals surface area contributed by atoms with Gasteiger partial charge >= 0.3 is 0 Å². The Kier molecular flexibility index (Phi) is 6.57. The molecule has 0 saturated carbocycles. The minimum absolute atomic E-state index is 0.0164. The number of hydrogen-bond acceptors (Lipinski definition) is 3. The highest BCUT2D eigenvalue weighted by molar-refractivity contribution is 9.09. The Bertz CT molecular complexity index is 728. The van der Waals surface area contributed by atoms with E-state index < -0.39 is 5.41 Å². The van der Waals surface area contributed by atoms with Crippen molar-refractivity contribution in [3.05, 3.63) is 59.1 Å². The van der Waals surface area contributed by atoms with E-state index in [0.29, 0.717) is 37.7 Å². The van der Waals surface area contributed by atoms with Gasteiger partial charge in [-0.25, -0.2) is 0 Å². The lowest BCUT2D eigenvalue weighted by atomic mass is 9.73. The van der Waals surface area contributed by atoms with Crippen LogP contribution in [0.25, 0.3) is 0 Å². The van der Waals surface area contributed by atoms with Gasteiger partial charge in [-0.1, -0.05) is 39.7 Å². The summed E-state index contributed by atoms with van der Waals surface area (Å²) in [6, 6.07) is 15.0. The summed E-state index contributed by atoms with van der Waals surface area (Å²) in [5, 5.41) is 4.49. The number of halogens is 2. The van der Waals surface area contributed by atoms with Gasteiger partial charge in [-0.2, -0.15) is 0 Å². The Morgan fingerprint density at radius 2 is 1.77 bits per heavy atom. The van der Waals surface area contributed by atoms with E-state index in [2.05, 4.69) is 21.2 Å². The summed E-state index contributed by atoms with van der Waals surface area (Å²) in [6.45, 7) is 1.73. The fourth-order valence-corrected chi connectivity index (χ4v) is 3.47. The molecule has 3 rings (SSSR count). The molecule has 2 aromatic carbocycles. The number of hydrogen-bond donors (Lipinski definition) is 1. The maximum absolute atomic E-state index is 13.2. The number of amides is 1. The van der Waals surface area contributed by atoms with E-state index in [0.717, 1.165) is 22.3 Å². The zero-order valence-electron chi connectivity index (χ0n) is 14.3. The summed E-state index contributed by atoms with van der Waals surface area (Å²) in [5.41, 5.74) is 1.12. The first kappa shape index (κ1) is 19.2. The van der Waals surface area contributed by atoms with Crippen LogP contribution < -0.4 is 10.1 Å². The number of rotatable bonds is 6. The zero-order chi connectivity index (χ0) is 18.4. The third-order valence-corrected chi connectivity index (χ3v) is 5.21. The molecule has 0 bridgehead atoms. The molecule has 6 heteroatoms. The lowest BCUT2D eigenvalue weighted by molar-refractivity contribution is -0.125. The first-order valence-electron chi connectivity index (χ1n) is 8.58. The summed E-state index contributed by atoms with van der Waals surface area (Å²) >= 11 is 9.35. The minimum Gasteiger partial charge on any atom is -0.493 e. The number of alkyl halides is 1. The summed E-state index contributed by atoms with van der Waals surface area (Å²) < 4.78 is 11.0. The Labute approximate surface area is 167 Å². The van der Waals surface area contributed by atoms with Crippen molar-refractivity contribution in [1.82, 2.24) is 0 Å². The molecule has 4 nitrogen and oxygen atoms in total. The second-order valence-electron chi connectivity index (χ2n) is 6.22. The molecule has 1 saturated heterocycles. The Hall–Kier alpha value is -1.56. The van der Waals surface area contributed by atoms with Gasteiger partial charge < -0.3 is 14.8 Å². The second-order valence-corrected chi connectivity index (χ2v) is 7.45. The molecule has 138 valence electrons. The average Bonchev–Trinajstić information content (AvgIpc) is 2.68. The molecular weight excluding hydrogens is 418 g/mol. The van der Waals surface area contributed by atoms with Crippen molar-refractivity contribution < 1.29 is 14.3 Å². The maximum Gasteiger partial charge on any atom is 0.235 e. The van der Waals surface area contributed by atoms with E-state index >= 15 is 0 Å². The first-order chi connectivity index (χ1) is 12.6. The van der Waals surface area contributed by atoms with Crippen LogP contribution in [0.5, 0.6) is 5.75 Å². The molecule has 26 heavy (non-hydrogen) atoms. The van der Waals surface area contributed by atoms with Gasteiger partial charge in [0.05, 0.1) is 12.0 Å². The smallest absolute Gasteiger partial charge is 0.235 e. The van der Waals surface area contributed by atoms with Crippen LogP contribution in [-0.2, 0) is 14.9 Å². The van der Waals surface area contributed by atoms with E-state index in [-0.39, 0.29) is 5.91 Å². The predicted octanol–water partition coefficient (Wildman–Crippen LogP) is 4.80. The van der Waals surface area contributed by atoms with Gasteiger partial charge in [0, 0.05) is 29.3 Å². The molecular formula is C20H21BrClNO3. The molecule has 0 atom stereocenters. The van der Waals surface area contributed by atoms with Crippen molar-refractivity contribution in [2.45, 2.75) is 18.3 Å². The van der Waals surface area contributed by atoms with Gasteiger partial charge in [-0.05, 0) is 54.8 Å². The normalized spacial score (nSPS) is 16.1. The van der Waals surface area contributed by atoms with Crippen molar-refractivity contribution in [3.8, 4) is 5.75 Å². The van der Waals surface area contributed by atoms with E-state index in [9.17, 15) is 4.79 Å². The summed E-state index contributed by atoms with van der Waals surface area (Å²) in [4.78, 5) is 13.2. The number of nitrogens with one attached hydrogen (secondary N) is 1. The van der Waals surface area contributed by atoms with Crippen LogP contribution in [0.3, 0.4) is 0 Å². The second kappa shape index (κ2) is 8.89. The largest absolute Gasteiger partial charge is 0.493 e. The molecule has 1 fully saturated rings. The van der Waals surface area contributed by atoms with Crippen molar-refractivity contribution in [3.63, 3.8) is 0 Å². The third-order valence-electron chi connectivity index (χ3n) is 4.64. The molecule has 2 aromatic rings. The lowest BCUT2D eigenvalue weighted by Crippen LogP contribution is -2.44. The highest BCUT2D eigenvalue weighted by Gasteiger charge is 2.41. The van der Waals surface area contributed by atoms with E-state index in [1.165, 1.54) is 0 Å². The van der Waals surface area contributed by atoms with Crippen LogP contribution >= 0.6 is 27.5 Å². The summed E-state index contributed by atoms with van der Waals surface area (Å²) in [6.07, 6.45) is 1.29. The highest BCUT2D eigenvalue weighted by atomic mass is 79.9. The molecule has 0 radical (unpaired) electrons. The van der Waals surface area contributed by atoms with Crippen molar-refractivity contribution in [2.75, 3.05) is 30.5 Å². The molecule has 0 aromatic heterocycles. The molecule has 0 unspecified atom stereocenters. The number of carbonyl (C=O) groups is 1. The first-order valence-corrected chi connectivity index (χ1v) is 10.1. The summed E-state index contributed by atoms with van der Waals surface area (Å²) in [5.74, 6) is 0.762. The average molecular weight is 439 g/mol. The lowest BCUT2D eigenvalue weighted by Gasteiger charge is -2.36. The van der Waals surface area contributed by atoms with Gasteiger partial charge in [-0.3, -0.25) is 4.79 Å². The molecule has 1 N–H and O–H groups in total. The predicted molar refractivity (Wildman–Crippen MR) is 108 cm³/mol. The molecule has 0 spiro atoms. The monoisotopic (exact) mass is 437 g/mol. The molecule has 1 aliphatic rings. The van der Waals surface area contributed by atoms with Crippen LogP contribution in [0.2, 0.25) is 5.02 Å². The Balaban J connectivity index is 1.78. The van der Waals surface area contributed by atoms with Gasteiger partial charge in [0.15, 0.2) is 0 Å². The molecule has 0 aliphatic carbocycles. The third kappa shape index (κ3) is 4.40. The van der Waals surface area contributed by atoms with Crippen LogP contribution in [0.4, 0.5) is 5.69 Å². The van der Waals surface area contributed by atoms with Gasteiger partial charge in [0.25, 0.3) is 0 Å². The maximum atomic E-state index is 13.2. The van der Waals surface area contributed by atoms with Gasteiger partial charge in [-0.15, -0.1) is 0 Å². The zero-order valence-corrected chi connectivity index (χ0v) is 16.7.